The molecule has 0 amide bonds. The van der Waals surface area contributed by atoms with Crippen LogP contribution in [0.4, 0.5) is 5.13 Å². The molecule has 0 saturated heterocycles. The van der Waals surface area contributed by atoms with Crippen LogP contribution in [0, 0.1) is 5.92 Å². The minimum atomic E-state index is 0.649. The van der Waals surface area contributed by atoms with E-state index in [1.807, 2.05) is 0 Å². The van der Waals surface area contributed by atoms with Crippen LogP contribution in [0.5, 0.6) is 0 Å². The molecule has 1 atom stereocenters. The van der Waals surface area contributed by atoms with Crippen LogP contribution in [0.25, 0.3) is 0 Å². The summed E-state index contributed by atoms with van der Waals surface area (Å²) in [5, 5.41) is 4.38. The lowest BCUT2D eigenvalue weighted by Gasteiger charge is -2.14. The van der Waals surface area contributed by atoms with Crippen molar-refractivity contribution in [1.82, 2.24) is 9.36 Å². The minimum absolute atomic E-state index is 0.649. The van der Waals surface area contributed by atoms with Crippen LogP contribution in [0.1, 0.15) is 50.8 Å². The maximum atomic E-state index is 5.81. The quantitative estimate of drug-likeness (QED) is 0.731. The van der Waals surface area contributed by atoms with Gasteiger partial charge in [-0.2, -0.15) is 4.37 Å². The molecule has 0 bridgehead atoms. The summed E-state index contributed by atoms with van der Waals surface area (Å²) in [6.07, 6.45) is 6.05. The van der Waals surface area contributed by atoms with Gasteiger partial charge < -0.3 is 5.32 Å². The summed E-state index contributed by atoms with van der Waals surface area (Å²) >= 11 is 7.31. The van der Waals surface area contributed by atoms with Gasteiger partial charge in [0.05, 0.1) is 0 Å². The van der Waals surface area contributed by atoms with E-state index in [-0.39, 0.29) is 0 Å². The molecule has 1 aromatic heterocycles. The molecule has 0 aliphatic heterocycles. The number of nitrogens with zero attached hydrogens (tertiary/aromatic N) is 2. The summed E-state index contributed by atoms with van der Waals surface area (Å²) in [5.74, 6) is 3.10. The Kier molecular flexibility index (Phi) is 5.04. The van der Waals surface area contributed by atoms with Crippen LogP contribution < -0.4 is 5.32 Å². The van der Waals surface area contributed by atoms with E-state index in [0.717, 1.165) is 29.8 Å². The number of rotatable bonds is 8. The largest absolute Gasteiger partial charge is 0.360 e. The number of hydrogen-bond donors (Lipinski definition) is 1. The van der Waals surface area contributed by atoms with Crippen molar-refractivity contribution in [2.75, 3.05) is 17.7 Å². The van der Waals surface area contributed by atoms with Gasteiger partial charge in [0.25, 0.3) is 0 Å². The Hall–Kier alpha value is -0.350. The Morgan fingerprint density at radius 3 is 2.94 bits per heavy atom. The Labute approximate surface area is 112 Å². The zero-order valence-electron chi connectivity index (χ0n) is 10.3. The molecule has 0 spiro atoms. The number of aromatic nitrogens is 2. The highest BCUT2D eigenvalue weighted by Crippen LogP contribution is 2.39. The first-order valence-electron chi connectivity index (χ1n) is 6.47. The van der Waals surface area contributed by atoms with Crippen LogP contribution >= 0.6 is 23.1 Å². The van der Waals surface area contributed by atoms with Gasteiger partial charge >= 0.3 is 0 Å². The molecule has 0 aromatic carbocycles. The highest BCUT2D eigenvalue weighted by molar-refractivity contribution is 7.09. The minimum Gasteiger partial charge on any atom is -0.360 e. The highest BCUT2D eigenvalue weighted by atomic mass is 35.5. The Morgan fingerprint density at radius 1 is 1.47 bits per heavy atom. The first-order valence-corrected chi connectivity index (χ1v) is 7.77. The number of hydrogen-bond acceptors (Lipinski definition) is 4. The third-order valence-electron chi connectivity index (χ3n) is 3.14. The van der Waals surface area contributed by atoms with E-state index in [1.165, 1.54) is 37.2 Å². The Morgan fingerprint density at radius 2 is 2.29 bits per heavy atom. The van der Waals surface area contributed by atoms with Gasteiger partial charge in [0.2, 0.25) is 5.13 Å². The van der Waals surface area contributed by atoms with Crippen LogP contribution in [0.2, 0.25) is 0 Å². The molecular formula is C12H20ClN3S. The molecule has 5 heteroatoms. The van der Waals surface area contributed by atoms with Crippen molar-refractivity contribution in [2.45, 2.75) is 44.9 Å². The van der Waals surface area contributed by atoms with E-state index >= 15 is 0 Å². The third kappa shape index (κ3) is 4.11. The average molecular weight is 274 g/mol. The molecule has 1 fully saturated rings. The topological polar surface area (TPSA) is 37.8 Å². The SMILES string of the molecule is CCCC(CCCl)CNc1nc(C2CC2)ns1. The second-order valence-corrected chi connectivity index (χ2v) is 5.88. The summed E-state index contributed by atoms with van der Waals surface area (Å²) in [6.45, 7) is 3.19. The molecule has 0 radical (unpaired) electrons. The van der Waals surface area contributed by atoms with E-state index < -0.39 is 0 Å². The van der Waals surface area contributed by atoms with E-state index in [0.29, 0.717) is 11.8 Å². The second kappa shape index (κ2) is 6.55. The van der Waals surface area contributed by atoms with E-state index in [9.17, 15) is 0 Å². The molecule has 2 rings (SSSR count). The zero-order valence-corrected chi connectivity index (χ0v) is 11.9. The summed E-state index contributed by atoms with van der Waals surface area (Å²) in [7, 11) is 0. The fourth-order valence-electron chi connectivity index (χ4n) is 1.96. The average Bonchev–Trinajstić information content (AvgIpc) is 3.07. The van der Waals surface area contributed by atoms with Gasteiger partial charge in [0.15, 0.2) is 0 Å². The van der Waals surface area contributed by atoms with Gasteiger partial charge in [-0.15, -0.1) is 11.6 Å². The number of halogens is 1. The second-order valence-electron chi connectivity index (χ2n) is 4.75. The van der Waals surface area contributed by atoms with Crippen LogP contribution in [-0.4, -0.2) is 21.8 Å². The van der Waals surface area contributed by atoms with E-state index in [1.54, 1.807) is 0 Å². The smallest absolute Gasteiger partial charge is 0.202 e. The number of alkyl halides is 1. The molecule has 96 valence electrons. The normalized spacial score (nSPS) is 17.1. The molecule has 1 aliphatic rings. The fourth-order valence-corrected chi connectivity index (χ4v) is 2.92. The summed E-state index contributed by atoms with van der Waals surface area (Å²) in [6, 6.07) is 0. The molecule has 1 heterocycles. The van der Waals surface area contributed by atoms with Gasteiger partial charge in [0, 0.05) is 29.9 Å². The monoisotopic (exact) mass is 273 g/mol. The molecule has 1 unspecified atom stereocenters. The van der Waals surface area contributed by atoms with Gasteiger partial charge in [-0.3, -0.25) is 0 Å². The van der Waals surface area contributed by atoms with Gasteiger partial charge in [-0.25, -0.2) is 4.98 Å². The van der Waals surface area contributed by atoms with Crippen LogP contribution in [-0.2, 0) is 0 Å². The van der Waals surface area contributed by atoms with Crippen molar-refractivity contribution in [1.29, 1.82) is 0 Å². The predicted octanol–water partition coefficient (Wildman–Crippen LogP) is 3.87. The van der Waals surface area contributed by atoms with Gasteiger partial charge in [0.1, 0.15) is 5.82 Å². The van der Waals surface area contributed by atoms with Crippen LogP contribution in [0.15, 0.2) is 0 Å². The fraction of sp³-hybridized carbons (Fsp3) is 0.833. The summed E-state index contributed by atoms with van der Waals surface area (Å²) in [4.78, 5) is 4.53. The maximum absolute atomic E-state index is 5.81. The molecule has 1 aromatic rings. The van der Waals surface area contributed by atoms with Crippen molar-refractivity contribution in [3.63, 3.8) is 0 Å². The van der Waals surface area contributed by atoms with Crippen molar-refractivity contribution >= 4 is 28.3 Å². The molecule has 1 saturated carbocycles. The molecule has 1 N–H and O–H groups in total. The number of anilines is 1. The predicted molar refractivity (Wildman–Crippen MR) is 74.1 cm³/mol. The molecule has 1 aliphatic carbocycles. The third-order valence-corrected chi connectivity index (χ3v) is 4.05. The van der Waals surface area contributed by atoms with E-state index in [4.69, 9.17) is 11.6 Å². The zero-order chi connectivity index (χ0) is 12.1. The Balaban J connectivity index is 1.78. The maximum Gasteiger partial charge on any atom is 0.202 e. The van der Waals surface area contributed by atoms with E-state index in [2.05, 4.69) is 21.6 Å². The highest BCUT2D eigenvalue weighted by Gasteiger charge is 2.27. The lowest BCUT2D eigenvalue weighted by atomic mass is 10.0. The Bertz CT molecular complexity index is 332. The number of nitrogens with one attached hydrogen (secondary N) is 1. The van der Waals surface area contributed by atoms with Gasteiger partial charge in [-0.05, 0) is 31.6 Å². The summed E-state index contributed by atoms with van der Waals surface area (Å²) < 4.78 is 4.39. The first-order chi connectivity index (χ1) is 8.33. The van der Waals surface area contributed by atoms with Crippen molar-refractivity contribution in [2.24, 2.45) is 5.92 Å². The first kappa shape index (κ1) is 13.1. The van der Waals surface area contributed by atoms with Gasteiger partial charge in [-0.1, -0.05) is 13.3 Å². The van der Waals surface area contributed by atoms with Crippen molar-refractivity contribution < 1.29 is 0 Å². The van der Waals surface area contributed by atoms with Crippen molar-refractivity contribution in [3.05, 3.63) is 5.82 Å². The molecule has 17 heavy (non-hydrogen) atoms. The lowest BCUT2D eigenvalue weighted by molar-refractivity contribution is 0.490. The lowest BCUT2D eigenvalue weighted by Crippen LogP contribution is -2.14. The summed E-state index contributed by atoms with van der Waals surface area (Å²) in [5.41, 5.74) is 0. The van der Waals surface area contributed by atoms with Crippen LogP contribution in [0.3, 0.4) is 0 Å². The van der Waals surface area contributed by atoms with Crippen molar-refractivity contribution in [3.8, 4) is 0 Å². The standard InChI is InChI=1S/C12H20ClN3S/c1-2-3-9(6-7-13)8-14-12-15-11(16-17-12)10-4-5-10/h9-10H,2-8H2,1H3,(H,14,15,16). The molecular weight excluding hydrogens is 254 g/mol. The molecule has 3 nitrogen and oxygen atoms in total.